The molecule has 0 aliphatic carbocycles. The van der Waals surface area contributed by atoms with Gasteiger partial charge in [-0.05, 0) is 45.8 Å². The average Bonchev–Trinajstić information content (AvgIpc) is 3.23. The van der Waals surface area contributed by atoms with Crippen LogP contribution in [0.15, 0.2) is 68.3 Å². The van der Waals surface area contributed by atoms with E-state index in [0.29, 0.717) is 16.9 Å². The third-order valence-corrected chi connectivity index (χ3v) is 5.90. The molecule has 3 nitrogen and oxygen atoms in total. The second kappa shape index (κ2) is 8.37. The number of thiazole rings is 1. The highest BCUT2D eigenvalue weighted by molar-refractivity contribution is 9.11. The molecule has 0 atom stereocenters. The summed E-state index contributed by atoms with van der Waals surface area (Å²) in [4.78, 5) is 6.02. The zero-order chi connectivity index (χ0) is 19.4. The maximum atomic E-state index is 12.9. The van der Waals surface area contributed by atoms with Gasteiger partial charge in [0.25, 0.3) is 0 Å². The first kappa shape index (κ1) is 19.8. The Morgan fingerprint density at radius 3 is 2.70 bits per heavy atom. The molecular formula is C18H13BrF3N3S2. The Kier molecular flexibility index (Phi) is 6.13. The second-order valence-corrected chi connectivity index (χ2v) is 8.62. The molecule has 140 valence electrons. The van der Waals surface area contributed by atoms with E-state index in [1.54, 1.807) is 16.8 Å². The Morgan fingerprint density at radius 2 is 2.04 bits per heavy atom. The predicted octanol–water partition coefficient (Wildman–Crippen LogP) is 6.03. The van der Waals surface area contributed by atoms with Gasteiger partial charge in [-0.25, -0.2) is 4.68 Å². The molecule has 0 saturated heterocycles. The van der Waals surface area contributed by atoms with Crippen molar-refractivity contribution in [3.63, 3.8) is 0 Å². The molecule has 2 aromatic heterocycles. The summed E-state index contributed by atoms with van der Waals surface area (Å²) in [5.41, 5.74) is 0.471. The van der Waals surface area contributed by atoms with E-state index >= 15 is 0 Å². The number of benzene rings is 1. The fourth-order valence-corrected chi connectivity index (χ4v) is 4.50. The number of aromatic nitrogens is 1. The number of rotatable bonds is 5. The van der Waals surface area contributed by atoms with Gasteiger partial charge in [0.2, 0.25) is 4.80 Å². The van der Waals surface area contributed by atoms with Crippen molar-refractivity contribution in [2.45, 2.75) is 6.18 Å². The smallest absolute Gasteiger partial charge is 0.253 e. The van der Waals surface area contributed by atoms with Crippen molar-refractivity contribution < 1.29 is 13.2 Å². The van der Waals surface area contributed by atoms with E-state index in [1.165, 1.54) is 35.0 Å². The highest BCUT2D eigenvalue weighted by Crippen LogP contribution is 2.32. The van der Waals surface area contributed by atoms with Gasteiger partial charge in [-0.1, -0.05) is 18.2 Å². The summed E-state index contributed by atoms with van der Waals surface area (Å²) in [5.74, 6) is 0. The Bertz CT molecular complexity index is 1040. The van der Waals surface area contributed by atoms with Gasteiger partial charge in [-0.3, -0.25) is 4.99 Å². The topological polar surface area (TPSA) is 29.6 Å². The number of alkyl halides is 3. The van der Waals surface area contributed by atoms with E-state index in [0.717, 1.165) is 26.5 Å². The van der Waals surface area contributed by atoms with Crippen LogP contribution in [-0.4, -0.2) is 17.4 Å². The zero-order valence-corrected chi connectivity index (χ0v) is 17.0. The first-order valence-electron chi connectivity index (χ1n) is 7.68. The standard InChI is InChI=1S/C18H13BrF3N3S2/c1-2-8-23-17-25(14(11-26-17)15-6-7-16(19)27-15)24-10-12-4-3-5-13(9-12)18(20,21)22/h2-7,9-11H,1,8H2. The van der Waals surface area contributed by atoms with Crippen LogP contribution in [0.4, 0.5) is 13.2 Å². The lowest BCUT2D eigenvalue weighted by molar-refractivity contribution is -0.137. The third-order valence-electron chi connectivity index (χ3n) is 3.40. The van der Waals surface area contributed by atoms with Gasteiger partial charge in [-0.2, -0.15) is 18.3 Å². The van der Waals surface area contributed by atoms with Gasteiger partial charge in [-0.15, -0.1) is 29.3 Å². The lowest BCUT2D eigenvalue weighted by Crippen LogP contribution is -2.12. The monoisotopic (exact) mass is 471 g/mol. The number of halogens is 4. The van der Waals surface area contributed by atoms with E-state index in [-0.39, 0.29) is 0 Å². The summed E-state index contributed by atoms with van der Waals surface area (Å²) >= 11 is 6.38. The van der Waals surface area contributed by atoms with Crippen LogP contribution in [0.2, 0.25) is 0 Å². The minimum absolute atomic E-state index is 0.358. The van der Waals surface area contributed by atoms with Crippen LogP contribution in [0.25, 0.3) is 10.6 Å². The zero-order valence-electron chi connectivity index (χ0n) is 13.8. The molecule has 1 aromatic carbocycles. The van der Waals surface area contributed by atoms with E-state index in [1.807, 2.05) is 17.5 Å². The molecule has 0 bridgehead atoms. The molecule has 9 heteroatoms. The molecule has 0 spiro atoms. The summed E-state index contributed by atoms with van der Waals surface area (Å²) in [6.07, 6.45) is -1.32. The quantitative estimate of drug-likeness (QED) is 0.321. The van der Waals surface area contributed by atoms with Crippen LogP contribution in [0.5, 0.6) is 0 Å². The Hall–Kier alpha value is -1.97. The molecule has 0 aliphatic heterocycles. The molecule has 27 heavy (non-hydrogen) atoms. The summed E-state index contributed by atoms with van der Waals surface area (Å²) in [6, 6.07) is 8.92. The first-order chi connectivity index (χ1) is 12.9. The van der Waals surface area contributed by atoms with E-state index in [2.05, 4.69) is 32.6 Å². The Balaban J connectivity index is 2.04. The lowest BCUT2D eigenvalue weighted by Gasteiger charge is -2.06. The number of hydrogen-bond donors (Lipinski definition) is 0. The lowest BCUT2D eigenvalue weighted by atomic mass is 10.1. The highest BCUT2D eigenvalue weighted by atomic mass is 79.9. The van der Waals surface area contributed by atoms with Gasteiger partial charge in [0.1, 0.15) is 0 Å². The van der Waals surface area contributed by atoms with Crippen molar-refractivity contribution >= 4 is 44.8 Å². The molecular weight excluding hydrogens is 459 g/mol. The summed E-state index contributed by atoms with van der Waals surface area (Å²) in [5, 5.41) is 6.32. The minimum Gasteiger partial charge on any atom is -0.253 e. The SMILES string of the molecule is C=CCN=c1scc(-c2ccc(Br)s2)n1N=Cc1cccc(C(F)(F)F)c1. The second-order valence-electron chi connectivity index (χ2n) is 5.32. The molecule has 0 amide bonds. The van der Waals surface area contributed by atoms with Crippen molar-refractivity contribution in [2.24, 2.45) is 10.1 Å². The number of nitrogens with zero attached hydrogens (tertiary/aromatic N) is 3. The van der Waals surface area contributed by atoms with E-state index < -0.39 is 11.7 Å². The first-order valence-corrected chi connectivity index (χ1v) is 10.2. The van der Waals surface area contributed by atoms with Crippen LogP contribution in [0, 0.1) is 0 Å². The predicted molar refractivity (Wildman–Crippen MR) is 108 cm³/mol. The Morgan fingerprint density at radius 1 is 1.22 bits per heavy atom. The van der Waals surface area contributed by atoms with Crippen LogP contribution in [0.3, 0.4) is 0 Å². The van der Waals surface area contributed by atoms with Crippen LogP contribution < -0.4 is 4.80 Å². The largest absolute Gasteiger partial charge is 0.416 e. The normalized spacial score (nSPS) is 12.8. The molecule has 2 heterocycles. The van der Waals surface area contributed by atoms with Crippen molar-refractivity contribution in [3.05, 3.63) is 74.1 Å². The molecule has 0 aliphatic rings. The van der Waals surface area contributed by atoms with Gasteiger partial charge in [0.15, 0.2) is 0 Å². The van der Waals surface area contributed by atoms with Crippen molar-refractivity contribution in [1.29, 1.82) is 0 Å². The average molecular weight is 472 g/mol. The molecule has 3 aromatic rings. The van der Waals surface area contributed by atoms with Crippen LogP contribution >= 0.6 is 38.6 Å². The summed E-state index contributed by atoms with van der Waals surface area (Å²) in [7, 11) is 0. The van der Waals surface area contributed by atoms with Gasteiger partial charge in [0.05, 0.1) is 32.7 Å². The van der Waals surface area contributed by atoms with E-state index in [9.17, 15) is 13.2 Å². The summed E-state index contributed by atoms with van der Waals surface area (Å²) in [6.45, 7) is 4.08. The van der Waals surface area contributed by atoms with Gasteiger partial charge < -0.3 is 0 Å². The number of hydrogen-bond acceptors (Lipinski definition) is 4. The van der Waals surface area contributed by atoms with Crippen molar-refractivity contribution in [3.8, 4) is 10.6 Å². The molecule has 0 unspecified atom stereocenters. The maximum absolute atomic E-state index is 12.9. The fraction of sp³-hybridized carbons (Fsp3) is 0.111. The maximum Gasteiger partial charge on any atom is 0.416 e. The molecule has 3 rings (SSSR count). The van der Waals surface area contributed by atoms with Crippen LogP contribution in [-0.2, 0) is 6.18 Å². The van der Waals surface area contributed by atoms with Crippen molar-refractivity contribution in [2.75, 3.05) is 6.54 Å². The van der Waals surface area contributed by atoms with Crippen molar-refractivity contribution in [1.82, 2.24) is 4.68 Å². The minimum atomic E-state index is -4.39. The summed E-state index contributed by atoms with van der Waals surface area (Å²) < 4.78 is 41.3. The third kappa shape index (κ3) is 4.85. The highest BCUT2D eigenvalue weighted by Gasteiger charge is 2.30. The Labute approximate surface area is 170 Å². The molecule has 0 N–H and O–H groups in total. The van der Waals surface area contributed by atoms with Gasteiger partial charge in [0, 0.05) is 5.38 Å². The molecule has 0 saturated carbocycles. The van der Waals surface area contributed by atoms with Crippen LogP contribution in [0.1, 0.15) is 11.1 Å². The van der Waals surface area contributed by atoms with E-state index in [4.69, 9.17) is 0 Å². The fourth-order valence-electron chi connectivity index (χ4n) is 2.20. The molecule has 0 radical (unpaired) electrons. The molecule has 0 fully saturated rings. The number of thiophene rings is 1. The van der Waals surface area contributed by atoms with Gasteiger partial charge >= 0.3 is 6.18 Å².